The van der Waals surface area contributed by atoms with Gasteiger partial charge < -0.3 is 14.0 Å². The van der Waals surface area contributed by atoms with Crippen molar-refractivity contribution in [2.75, 3.05) is 18.1 Å². The molecule has 0 aliphatic carbocycles. The number of rotatable bonds is 8. The molecule has 1 aliphatic heterocycles. The van der Waals surface area contributed by atoms with Gasteiger partial charge in [-0.2, -0.15) is 0 Å². The van der Waals surface area contributed by atoms with Gasteiger partial charge in [0.1, 0.15) is 17.1 Å². The highest BCUT2D eigenvalue weighted by Gasteiger charge is 2.38. The van der Waals surface area contributed by atoms with E-state index in [0.717, 1.165) is 16.3 Å². The minimum atomic E-state index is -0.899. The van der Waals surface area contributed by atoms with Crippen molar-refractivity contribution in [3.05, 3.63) is 80.7 Å². The lowest BCUT2D eigenvalue weighted by Crippen LogP contribution is -2.54. The molecule has 0 radical (unpaired) electrons. The summed E-state index contributed by atoms with van der Waals surface area (Å²) < 4.78 is 13.1. The van der Waals surface area contributed by atoms with Crippen molar-refractivity contribution in [3.63, 3.8) is 0 Å². The molecule has 1 aromatic heterocycles. The van der Waals surface area contributed by atoms with Crippen LogP contribution < -0.4 is 19.7 Å². The Bertz CT molecular complexity index is 1540. The number of ether oxygens (including phenoxy) is 2. The first kappa shape index (κ1) is 27.1. The van der Waals surface area contributed by atoms with Crippen molar-refractivity contribution in [3.8, 4) is 17.2 Å². The monoisotopic (exact) mass is 532 g/mol. The molecule has 3 aromatic rings. The van der Waals surface area contributed by atoms with E-state index in [1.165, 1.54) is 24.3 Å². The Morgan fingerprint density at radius 3 is 2.31 bits per heavy atom. The zero-order chi connectivity index (χ0) is 28.4. The number of hydrogen-bond donors (Lipinski definition) is 1. The molecular formula is C28H28N4O7. The minimum Gasteiger partial charge on any atom is -0.494 e. The fourth-order valence-electron chi connectivity index (χ4n) is 4.55. The third-order valence-electron chi connectivity index (χ3n) is 6.29. The molecule has 1 aliphatic rings. The number of hydrogen-bond acceptors (Lipinski definition) is 7. The van der Waals surface area contributed by atoms with Crippen molar-refractivity contribution in [2.45, 2.75) is 34.6 Å². The van der Waals surface area contributed by atoms with E-state index in [0.29, 0.717) is 35.8 Å². The second kappa shape index (κ2) is 10.8. The zero-order valence-electron chi connectivity index (χ0n) is 22.2. The normalized spacial score (nSPS) is 14.5. The molecular weight excluding hydrogens is 504 g/mol. The van der Waals surface area contributed by atoms with Crippen LogP contribution in [-0.2, 0) is 9.59 Å². The Balaban J connectivity index is 1.78. The van der Waals surface area contributed by atoms with Crippen LogP contribution in [0.4, 0.5) is 16.2 Å². The van der Waals surface area contributed by atoms with Gasteiger partial charge in [-0.1, -0.05) is 0 Å². The smallest absolute Gasteiger partial charge is 0.336 e. The highest BCUT2D eigenvalue weighted by Crippen LogP contribution is 2.35. The molecule has 1 N–H and O–H groups in total. The van der Waals surface area contributed by atoms with Crippen molar-refractivity contribution < 1.29 is 28.8 Å². The van der Waals surface area contributed by atoms with Crippen molar-refractivity contribution in [1.82, 2.24) is 9.88 Å². The summed E-state index contributed by atoms with van der Waals surface area (Å²) in [5, 5.41) is 13.4. The van der Waals surface area contributed by atoms with Gasteiger partial charge in [-0.3, -0.25) is 25.0 Å². The van der Waals surface area contributed by atoms with Gasteiger partial charge >= 0.3 is 6.03 Å². The van der Waals surface area contributed by atoms with Crippen LogP contribution >= 0.6 is 0 Å². The lowest BCUT2D eigenvalue weighted by atomic mass is 10.1. The number of nitro benzene ring substituents is 1. The summed E-state index contributed by atoms with van der Waals surface area (Å²) in [5.74, 6) is -0.919. The fraction of sp³-hybridized carbons (Fsp3) is 0.250. The van der Waals surface area contributed by atoms with Gasteiger partial charge in [0.25, 0.3) is 17.5 Å². The van der Waals surface area contributed by atoms with E-state index >= 15 is 0 Å². The van der Waals surface area contributed by atoms with E-state index in [-0.39, 0.29) is 22.7 Å². The Kier molecular flexibility index (Phi) is 7.52. The van der Waals surface area contributed by atoms with Crippen molar-refractivity contribution in [2.24, 2.45) is 0 Å². The van der Waals surface area contributed by atoms with Gasteiger partial charge in [0, 0.05) is 35.3 Å². The third-order valence-corrected chi connectivity index (χ3v) is 6.29. The Morgan fingerprint density at radius 2 is 1.67 bits per heavy atom. The van der Waals surface area contributed by atoms with E-state index < -0.39 is 22.8 Å². The van der Waals surface area contributed by atoms with Gasteiger partial charge in [-0.15, -0.1) is 0 Å². The van der Waals surface area contributed by atoms with Crippen molar-refractivity contribution >= 4 is 35.3 Å². The summed E-state index contributed by atoms with van der Waals surface area (Å²) in [4.78, 5) is 50.9. The van der Waals surface area contributed by atoms with Gasteiger partial charge in [0.2, 0.25) is 0 Å². The minimum absolute atomic E-state index is 0.0184. The SMILES string of the molecule is CCOc1ccc(OCC)c(N2C(=O)NC(=O)/C(=C\c3cc(C)n(-c4ccc([N+](=O)[O-])cc4C)c3C)C2=O)c1. The number of amides is 4. The number of carbonyl (C=O) groups is 3. The first-order valence-electron chi connectivity index (χ1n) is 12.3. The Morgan fingerprint density at radius 1 is 0.949 bits per heavy atom. The molecule has 1 fully saturated rings. The Hall–Kier alpha value is -4.93. The number of aryl methyl sites for hydroxylation is 2. The second-order valence-electron chi connectivity index (χ2n) is 8.84. The van der Waals surface area contributed by atoms with Gasteiger partial charge in [-0.25, -0.2) is 9.69 Å². The lowest BCUT2D eigenvalue weighted by molar-refractivity contribution is -0.384. The van der Waals surface area contributed by atoms with Crippen molar-refractivity contribution in [1.29, 1.82) is 0 Å². The summed E-state index contributed by atoms with van der Waals surface area (Å²) in [5.41, 5.74) is 3.37. The topological polar surface area (TPSA) is 133 Å². The number of benzene rings is 2. The number of imide groups is 2. The zero-order valence-corrected chi connectivity index (χ0v) is 22.2. The van der Waals surface area contributed by atoms with E-state index in [2.05, 4.69) is 5.32 Å². The molecule has 4 rings (SSSR count). The maximum absolute atomic E-state index is 13.6. The number of non-ortho nitro benzene ring substituents is 1. The van der Waals surface area contributed by atoms with Gasteiger partial charge in [0.05, 0.1) is 23.8 Å². The van der Waals surface area contributed by atoms with Crippen LogP contribution in [0.2, 0.25) is 0 Å². The number of nitrogens with one attached hydrogen (secondary N) is 1. The van der Waals surface area contributed by atoms with Crippen LogP contribution in [0.5, 0.6) is 11.5 Å². The van der Waals surface area contributed by atoms with Crippen LogP contribution in [0.1, 0.15) is 36.4 Å². The molecule has 2 heterocycles. The van der Waals surface area contributed by atoms with Crippen LogP contribution in [0, 0.1) is 30.9 Å². The molecule has 39 heavy (non-hydrogen) atoms. The van der Waals surface area contributed by atoms with E-state index in [1.807, 2.05) is 25.3 Å². The number of aromatic nitrogens is 1. The highest BCUT2D eigenvalue weighted by atomic mass is 16.6. The van der Waals surface area contributed by atoms with Gasteiger partial charge in [-0.05, 0) is 76.1 Å². The standard InChI is InChI=1S/C28H28N4O7/c1-6-38-21-9-11-25(39-7-2)24(15-21)31-27(34)22(26(33)29-28(31)35)14-19-13-17(4)30(18(19)5)23-10-8-20(32(36)37)12-16(23)3/h8-15H,6-7H2,1-5H3,(H,29,33,35)/b22-14+. The molecule has 11 heteroatoms. The average Bonchev–Trinajstić information content (AvgIpc) is 3.15. The first-order chi connectivity index (χ1) is 18.6. The third kappa shape index (κ3) is 5.11. The predicted molar refractivity (Wildman–Crippen MR) is 144 cm³/mol. The average molecular weight is 533 g/mol. The molecule has 0 spiro atoms. The van der Waals surface area contributed by atoms with Crippen LogP contribution in [0.25, 0.3) is 11.8 Å². The lowest BCUT2D eigenvalue weighted by Gasteiger charge is -2.28. The molecule has 1 saturated heterocycles. The molecule has 202 valence electrons. The molecule has 0 atom stereocenters. The maximum Gasteiger partial charge on any atom is 0.336 e. The predicted octanol–water partition coefficient (Wildman–Crippen LogP) is 4.77. The molecule has 0 bridgehead atoms. The quantitative estimate of drug-likeness (QED) is 0.191. The molecule has 2 aromatic carbocycles. The highest BCUT2D eigenvalue weighted by molar-refractivity contribution is 6.39. The number of nitrogens with zero attached hydrogens (tertiary/aromatic N) is 3. The van der Waals surface area contributed by atoms with Crippen LogP contribution in [-0.4, -0.2) is 40.5 Å². The first-order valence-corrected chi connectivity index (χ1v) is 12.3. The number of carbonyl (C=O) groups excluding carboxylic acids is 3. The Labute approximate surface area is 224 Å². The van der Waals surface area contributed by atoms with Crippen LogP contribution in [0.15, 0.2) is 48.0 Å². The number of anilines is 1. The molecule has 4 amide bonds. The van der Waals surface area contributed by atoms with E-state index in [9.17, 15) is 24.5 Å². The number of barbiturate groups is 1. The van der Waals surface area contributed by atoms with Crippen LogP contribution in [0.3, 0.4) is 0 Å². The fourth-order valence-corrected chi connectivity index (χ4v) is 4.55. The summed E-state index contributed by atoms with van der Waals surface area (Å²) in [6.07, 6.45) is 1.43. The van der Waals surface area contributed by atoms with E-state index in [1.54, 1.807) is 38.1 Å². The summed E-state index contributed by atoms with van der Waals surface area (Å²) in [6.45, 7) is 9.68. The van der Waals surface area contributed by atoms with Gasteiger partial charge in [0.15, 0.2) is 0 Å². The largest absolute Gasteiger partial charge is 0.494 e. The summed E-state index contributed by atoms with van der Waals surface area (Å²) >= 11 is 0. The maximum atomic E-state index is 13.6. The summed E-state index contributed by atoms with van der Waals surface area (Å²) in [7, 11) is 0. The number of urea groups is 1. The number of nitro groups is 1. The second-order valence-corrected chi connectivity index (χ2v) is 8.84. The molecule has 0 unspecified atom stereocenters. The van der Waals surface area contributed by atoms with E-state index in [4.69, 9.17) is 9.47 Å². The molecule has 11 nitrogen and oxygen atoms in total. The molecule has 0 saturated carbocycles. The summed E-state index contributed by atoms with van der Waals surface area (Å²) in [6, 6.07) is 10.3.